The third-order valence-corrected chi connectivity index (χ3v) is 4.38. The average Bonchev–Trinajstić information content (AvgIpc) is 3.08. The van der Waals surface area contributed by atoms with Gasteiger partial charge in [-0.05, 0) is 40.3 Å². The van der Waals surface area contributed by atoms with Crippen molar-refractivity contribution >= 4 is 45.8 Å². The standard InChI is InChI=1S/C15H12ClFIN5O/c1-22-8-13(18)14(21-22)15(24)20-11-5-19-23(7-11)6-9-2-3-10(17)4-12(9)16/h2-5,7-8H,6H2,1H3,(H,20,24). The summed E-state index contributed by atoms with van der Waals surface area (Å²) in [6.45, 7) is 0.371. The van der Waals surface area contributed by atoms with E-state index in [4.69, 9.17) is 11.6 Å². The van der Waals surface area contributed by atoms with Crippen molar-refractivity contribution in [1.29, 1.82) is 0 Å². The summed E-state index contributed by atoms with van der Waals surface area (Å²) >= 11 is 8.06. The number of rotatable bonds is 4. The second-order valence-electron chi connectivity index (χ2n) is 5.12. The molecule has 0 bridgehead atoms. The first-order valence-electron chi connectivity index (χ1n) is 6.89. The van der Waals surface area contributed by atoms with E-state index in [9.17, 15) is 9.18 Å². The van der Waals surface area contributed by atoms with Crippen LogP contribution >= 0.6 is 34.2 Å². The Morgan fingerprint density at radius 1 is 1.42 bits per heavy atom. The summed E-state index contributed by atoms with van der Waals surface area (Å²) in [5, 5.41) is 11.4. The number of nitrogens with zero attached hydrogens (tertiary/aromatic N) is 4. The summed E-state index contributed by atoms with van der Waals surface area (Å²) in [4.78, 5) is 12.2. The third-order valence-electron chi connectivity index (χ3n) is 3.24. The predicted octanol–water partition coefficient (Wildman–Crippen LogP) is 3.31. The molecule has 3 rings (SSSR count). The molecule has 2 aromatic heterocycles. The second kappa shape index (κ2) is 6.89. The fraction of sp³-hybridized carbons (Fsp3) is 0.133. The maximum atomic E-state index is 13.1. The fourth-order valence-electron chi connectivity index (χ4n) is 2.14. The van der Waals surface area contributed by atoms with Crippen molar-refractivity contribution in [3.8, 4) is 0 Å². The molecule has 9 heteroatoms. The van der Waals surface area contributed by atoms with Crippen molar-refractivity contribution in [1.82, 2.24) is 19.6 Å². The lowest BCUT2D eigenvalue weighted by molar-refractivity contribution is 0.102. The summed E-state index contributed by atoms with van der Waals surface area (Å²) in [7, 11) is 1.75. The molecule has 0 atom stereocenters. The topological polar surface area (TPSA) is 64.7 Å². The Morgan fingerprint density at radius 2 is 2.21 bits per heavy atom. The summed E-state index contributed by atoms with van der Waals surface area (Å²) in [6, 6.07) is 4.20. The van der Waals surface area contributed by atoms with Gasteiger partial charge in [-0.1, -0.05) is 17.7 Å². The first-order chi connectivity index (χ1) is 11.4. The van der Waals surface area contributed by atoms with Gasteiger partial charge >= 0.3 is 0 Å². The molecule has 124 valence electrons. The zero-order chi connectivity index (χ0) is 17.3. The highest BCUT2D eigenvalue weighted by Crippen LogP contribution is 2.19. The van der Waals surface area contributed by atoms with Gasteiger partial charge < -0.3 is 5.32 Å². The third kappa shape index (κ3) is 3.75. The van der Waals surface area contributed by atoms with E-state index in [1.165, 1.54) is 18.3 Å². The van der Waals surface area contributed by atoms with Crippen LogP contribution in [0.4, 0.5) is 10.1 Å². The van der Waals surface area contributed by atoms with Crippen LogP contribution in [-0.2, 0) is 13.6 Å². The lowest BCUT2D eigenvalue weighted by Gasteiger charge is -2.04. The fourth-order valence-corrected chi connectivity index (χ4v) is 3.13. The van der Waals surface area contributed by atoms with Crippen LogP contribution in [0, 0.1) is 9.39 Å². The molecule has 0 aliphatic rings. The number of aryl methyl sites for hydroxylation is 1. The molecule has 3 aromatic rings. The van der Waals surface area contributed by atoms with Crippen LogP contribution in [0.3, 0.4) is 0 Å². The number of halogens is 3. The van der Waals surface area contributed by atoms with E-state index in [0.717, 1.165) is 9.13 Å². The molecule has 0 aliphatic heterocycles. The highest BCUT2D eigenvalue weighted by atomic mass is 127. The quantitative estimate of drug-likeness (QED) is 0.609. The molecule has 0 fully saturated rings. The molecule has 1 N–H and O–H groups in total. The highest BCUT2D eigenvalue weighted by Gasteiger charge is 2.15. The van der Waals surface area contributed by atoms with E-state index >= 15 is 0 Å². The molecule has 6 nitrogen and oxygen atoms in total. The van der Waals surface area contributed by atoms with Gasteiger partial charge in [0.25, 0.3) is 5.91 Å². The zero-order valence-corrected chi connectivity index (χ0v) is 15.4. The Bertz CT molecular complexity index is 907. The molecule has 24 heavy (non-hydrogen) atoms. The van der Waals surface area contributed by atoms with E-state index < -0.39 is 0 Å². The molecular weight excluding hydrogens is 448 g/mol. The Labute approximate surface area is 155 Å². The van der Waals surface area contributed by atoms with Crippen molar-refractivity contribution in [2.24, 2.45) is 7.05 Å². The van der Waals surface area contributed by atoms with Crippen molar-refractivity contribution in [3.05, 3.63) is 62.5 Å². The minimum atomic E-state index is -0.387. The number of hydrogen-bond donors (Lipinski definition) is 1. The molecule has 0 unspecified atom stereocenters. The van der Waals surface area contributed by atoms with Crippen LogP contribution in [0.1, 0.15) is 16.1 Å². The van der Waals surface area contributed by atoms with Gasteiger partial charge in [0, 0.05) is 24.5 Å². The van der Waals surface area contributed by atoms with Crippen LogP contribution < -0.4 is 5.32 Å². The smallest absolute Gasteiger partial charge is 0.277 e. The first kappa shape index (κ1) is 16.9. The maximum Gasteiger partial charge on any atom is 0.277 e. The molecule has 0 aliphatic carbocycles. The molecule has 0 saturated heterocycles. The molecule has 2 heterocycles. The van der Waals surface area contributed by atoms with E-state index in [1.54, 1.807) is 34.9 Å². The molecule has 1 aromatic carbocycles. The second-order valence-corrected chi connectivity index (χ2v) is 6.69. The number of carbonyl (C=O) groups excluding carboxylic acids is 1. The maximum absolute atomic E-state index is 13.1. The summed E-state index contributed by atoms with van der Waals surface area (Å²) < 4.78 is 17.0. The van der Waals surface area contributed by atoms with Crippen LogP contribution in [0.25, 0.3) is 0 Å². The van der Waals surface area contributed by atoms with Gasteiger partial charge in [-0.2, -0.15) is 10.2 Å². The van der Waals surface area contributed by atoms with Crippen molar-refractivity contribution in [2.45, 2.75) is 6.54 Å². The molecular formula is C15H12ClFIN5O. The Morgan fingerprint density at radius 3 is 2.88 bits per heavy atom. The normalized spacial score (nSPS) is 10.8. The number of nitrogens with one attached hydrogen (secondary N) is 1. The number of benzene rings is 1. The SMILES string of the molecule is Cn1cc(I)c(C(=O)Nc2cnn(Cc3ccc(F)cc3Cl)c2)n1. The van der Waals surface area contributed by atoms with Crippen molar-refractivity contribution < 1.29 is 9.18 Å². The average molecular weight is 460 g/mol. The lowest BCUT2D eigenvalue weighted by atomic mass is 10.2. The van der Waals surface area contributed by atoms with Crippen molar-refractivity contribution in [3.63, 3.8) is 0 Å². The Hall–Kier alpha value is -1.94. The Kier molecular flexibility index (Phi) is 4.86. The zero-order valence-electron chi connectivity index (χ0n) is 12.5. The van der Waals surface area contributed by atoms with E-state index in [1.807, 2.05) is 0 Å². The summed E-state index contributed by atoms with van der Waals surface area (Å²) in [5.74, 6) is -0.693. The van der Waals surface area contributed by atoms with E-state index in [-0.39, 0.29) is 11.7 Å². The lowest BCUT2D eigenvalue weighted by Crippen LogP contribution is -2.13. The monoisotopic (exact) mass is 459 g/mol. The minimum absolute atomic E-state index is 0.306. The largest absolute Gasteiger partial charge is 0.318 e. The van der Waals surface area contributed by atoms with Gasteiger partial charge in [-0.25, -0.2) is 4.39 Å². The molecule has 0 radical (unpaired) electrons. The molecule has 0 saturated carbocycles. The molecule has 0 spiro atoms. The van der Waals surface area contributed by atoms with E-state index in [0.29, 0.717) is 22.9 Å². The summed E-state index contributed by atoms with van der Waals surface area (Å²) in [5.41, 5.74) is 1.63. The Balaban J connectivity index is 1.71. The molecule has 1 amide bonds. The van der Waals surface area contributed by atoms with Gasteiger partial charge in [0.15, 0.2) is 5.69 Å². The number of anilines is 1. The van der Waals surface area contributed by atoms with Crippen molar-refractivity contribution in [2.75, 3.05) is 5.32 Å². The number of aromatic nitrogens is 4. The number of carbonyl (C=O) groups is 1. The van der Waals surface area contributed by atoms with Crippen LogP contribution in [0.5, 0.6) is 0 Å². The van der Waals surface area contributed by atoms with Crippen LogP contribution in [0.15, 0.2) is 36.8 Å². The van der Waals surface area contributed by atoms with Gasteiger partial charge in [-0.3, -0.25) is 14.2 Å². The van der Waals surface area contributed by atoms with Gasteiger partial charge in [0.05, 0.1) is 22.0 Å². The number of hydrogen-bond acceptors (Lipinski definition) is 3. The minimum Gasteiger partial charge on any atom is -0.318 e. The van der Waals surface area contributed by atoms with Gasteiger partial charge in [0.2, 0.25) is 0 Å². The highest BCUT2D eigenvalue weighted by molar-refractivity contribution is 14.1. The first-order valence-corrected chi connectivity index (χ1v) is 8.35. The number of amides is 1. The van der Waals surface area contributed by atoms with E-state index in [2.05, 4.69) is 38.1 Å². The summed E-state index contributed by atoms with van der Waals surface area (Å²) in [6.07, 6.45) is 4.97. The van der Waals surface area contributed by atoms with Crippen LogP contribution in [-0.4, -0.2) is 25.5 Å². The van der Waals surface area contributed by atoms with Gasteiger partial charge in [0.1, 0.15) is 5.82 Å². The van der Waals surface area contributed by atoms with Gasteiger partial charge in [-0.15, -0.1) is 0 Å². The van der Waals surface area contributed by atoms with Crippen LogP contribution in [0.2, 0.25) is 5.02 Å². The predicted molar refractivity (Wildman–Crippen MR) is 96.6 cm³/mol.